The van der Waals surface area contributed by atoms with Gasteiger partial charge in [-0.3, -0.25) is 4.68 Å². The van der Waals surface area contributed by atoms with Gasteiger partial charge in [0.25, 0.3) is 0 Å². The molecule has 2 aromatic rings. The quantitative estimate of drug-likeness (QED) is 0.796. The predicted octanol–water partition coefficient (Wildman–Crippen LogP) is 1.08. The number of hydrogen-bond acceptors (Lipinski definition) is 4. The van der Waals surface area contributed by atoms with Crippen LogP contribution in [0.1, 0.15) is 16.2 Å². The predicted molar refractivity (Wildman–Crippen MR) is 50.4 cm³/mol. The van der Waals surface area contributed by atoms with Crippen molar-refractivity contribution < 1.29 is 14.4 Å². The first-order valence-corrected chi connectivity index (χ1v) is 4.28. The molecule has 1 N–H and O–H groups in total. The van der Waals surface area contributed by atoms with Gasteiger partial charge in [-0.15, -0.1) is 0 Å². The smallest absolute Gasteiger partial charge is 0.354 e. The second-order valence-electron chi connectivity index (χ2n) is 3.14. The summed E-state index contributed by atoms with van der Waals surface area (Å²) in [7, 11) is 1.58. The Labute approximate surface area is 85.1 Å². The van der Waals surface area contributed by atoms with Crippen molar-refractivity contribution >= 4 is 5.97 Å². The molecule has 2 rings (SSSR count). The normalized spacial score (nSPS) is 10.5. The fourth-order valence-electron chi connectivity index (χ4n) is 1.34. The van der Waals surface area contributed by atoms with Gasteiger partial charge in [0, 0.05) is 7.05 Å². The molecule has 0 amide bonds. The third-order valence-corrected chi connectivity index (χ3v) is 2.13. The molecule has 0 atom stereocenters. The van der Waals surface area contributed by atoms with Gasteiger partial charge in [0.15, 0.2) is 0 Å². The number of carbonyl (C=O) groups is 1. The maximum absolute atomic E-state index is 10.8. The summed E-state index contributed by atoms with van der Waals surface area (Å²) in [4.78, 5) is 10.8. The van der Waals surface area contributed by atoms with Crippen molar-refractivity contribution in [2.24, 2.45) is 7.05 Å². The minimum atomic E-state index is -1.01. The van der Waals surface area contributed by atoms with E-state index in [0.717, 1.165) is 0 Å². The Bertz CT molecular complexity index is 512. The van der Waals surface area contributed by atoms with Crippen LogP contribution in [-0.2, 0) is 7.05 Å². The van der Waals surface area contributed by atoms with Crippen molar-refractivity contribution in [2.45, 2.75) is 6.92 Å². The summed E-state index contributed by atoms with van der Waals surface area (Å²) in [6, 6.07) is 1.49. The molecule has 0 radical (unpaired) electrons. The van der Waals surface area contributed by atoms with Crippen LogP contribution in [0.15, 0.2) is 16.8 Å². The summed E-state index contributed by atoms with van der Waals surface area (Å²) in [5.41, 5.74) is 1.39. The van der Waals surface area contributed by atoms with E-state index in [0.29, 0.717) is 17.0 Å². The first-order valence-electron chi connectivity index (χ1n) is 4.28. The number of aromatic nitrogens is 3. The molecule has 0 saturated heterocycles. The van der Waals surface area contributed by atoms with Gasteiger partial charge in [0.2, 0.25) is 0 Å². The van der Waals surface area contributed by atoms with E-state index in [4.69, 9.17) is 9.63 Å². The van der Waals surface area contributed by atoms with E-state index in [2.05, 4.69) is 10.3 Å². The van der Waals surface area contributed by atoms with Crippen LogP contribution >= 0.6 is 0 Å². The zero-order chi connectivity index (χ0) is 11.0. The van der Waals surface area contributed by atoms with Gasteiger partial charge in [0.05, 0.1) is 17.5 Å². The van der Waals surface area contributed by atoms with Crippen molar-refractivity contribution in [3.8, 4) is 11.3 Å². The van der Waals surface area contributed by atoms with Gasteiger partial charge >= 0.3 is 5.97 Å². The lowest BCUT2D eigenvalue weighted by atomic mass is 10.2. The maximum Gasteiger partial charge on any atom is 0.354 e. The van der Waals surface area contributed by atoms with Crippen molar-refractivity contribution in [2.75, 3.05) is 0 Å². The Hall–Kier alpha value is -2.11. The lowest BCUT2D eigenvalue weighted by Crippen LogP contribution is -2.04. The van der Waals surface area contributed by atoms with Crippen molar-refractivity contribution in [3.05, 3.63) is 23.7 Å². The van der Waals surface area contributed by atoms with Crippen LogP contribution in [0.4, 0.5) is 0 Å². The molecule has 78 valence electrons. The van der Waals surface area contributed by atoms with Crippen molar-refractivity contribution in [1.82, 2.24) is 14.9 Å². The maximum atomic E-state index is 10.8. The van der Waals surface area contributed by atoms with E-state index in [1.54, 1.807) is 14.0 Å². The fraction of sp³-hybridized carbons (Fsp3) is 0.222. The number of nitrogens with zero attached hydrogens (tertiary/aromatic N) is 3. The highest BCUT2D eigenvalue weighted by Crippen LogP contribution is 2.21. The Morgan fingerprint density at radius 1 is 1.60 bits per heavy atom. The number of carboxylic acid groups (broad SMARTS) is 1. The first kappa shape index (κ1) is 9.45. The molecule has 2 heterocycles. The lowest BCUT2D eigenvalue weighted by Gasteiger charge is -1.91. The molecule has 0 saturated carbocycles. The summed E-state index contributed by atoms with van der Waals surface area (Å²) >= 11 is 0. The minimum Gasteiger partial charge on any atom is -0.477 e. The van der Waals surface area contributed by atoms with E-state index < -0.39 is 5.97 Å². The van der Waals surface area contributed by atoms with Gasteiger partial charge < -0.3 is 9.63 Å². The Balaban J connectivity index is 2.52. The second-order valence-corrected chi connectivity index (χ2v) is 3.14. The molecule has 0 aliphatic rings. The molecule has 15 heavy (non-hydrogen) atoms. The van der Waals surface area contributed by atoms with E-state index in [-0.39, 0.29) is 5.69 Å². The van der Waals surface area contributed by atoms with Gasteiger partial charge in [-0.05, 0) is 13.0 Å². The standard InChI is InChI=1S/C9H9N3O3/c1-5-6(4-10-15-5)7-3-8(9(13)14)12(2)11-7/h3-4H,1-2H3,(H,13,14). The van der Waals surface area contributed by atoms with E-state index in [1.165, 1.54) is 16.9 Å². The highest BCUT2D eigenvalue weighted by atomic mass is 16.5. The summed E-state index contributed by atoms with van der Waals surface area (Å²) < 4.78 is 6.19. The van der Waals surface area contributed by atoms with Gasteiger partial charge in [0.1, 0.15) is 11.5 Å². The second kappa shape index (κ2) is 3.23. The topological polar surface area (TPSA) is 81.1 Å². The SMILES string of the molecule is Cc1oncc1-c1cc(C(=O)O)n(C)n1. The average Bonchev–Trinajstić information content (AvgIpc) is 2.71. The molecule has 6 nitrogen and oxygen atoms in total. The molecule has 0 aliphatic carbocycles. The third kappa shape index (κ3) is 1.50. The van der Waals surface area contributed by atoms with Crippen LogP contribution in [-0.4, -0.2) is 26.0 Å². The molecular weight excluding hydrogens is 198 g/mol. The van der Waals surface area contributed by atoms with Crippen molar-refractivity contribution in [1.29, 1.82) is 0 Å². The van der Waals surface area contributed by atoms with E-state index >= 15 is 0 Å². The van der Waals surface area contributed by atoms with Crippen LogP contribution in [0.5, 0.6) is 0 Å². The monoisotopic (exact) mass is 207 g/mol. The lowest BCUT2D eigenvalue weighted by molar-refractivity contribution is 0.0685. The highest BCUT2D eigenvalue weighted by Gasteiger charge is 2.15. The van der Waals surface area contributed by atoms with Crippen molar-refractivity contribution in [3.63, 3.8) is 0 Å². The third-order valence-electron chi connectivity index (χ3n) is 2.13. The fourth-order valence-corrected chi connectivity index (χ4v) is 1.34. The van der Waals surface area contributed by atoms with Gasteiger partial charge in [-0.25, -0.2) is 4.79 Å². The Morgan fingerprint density at radius 3 is 2.80 bits per heavy atom. The zero-order valence-corrected chi connectivity index (χ0v) is 8.26. The molecule has 2 aromatic heterocycles. The zero-order valence-electron chi connectivity index (χ0n) is 8.26. The number of carboxylic acids is 1. The highest BCUT2D eigenvalue weighted by molar-refractivity contribution is 5.87. The Morgan fingerprint density at radius 2 is 2.33 bits per heavy atom. The van der Waals surface area contributed by atoms with Gasteiger partial charge in [-0.2, -0.15) is 5.10 Å². The largest absolute Gasteiger partial charge is 0.477 e. The van der Waals surface area contributed by atoms with E-state index in [1.807, 2.05) is 0 Å². The Kier molecular flexibility index (Phi) is 2.03. The number of aryl methyl sites for hydroxylation is 2. The van der Waals surface area contributed by atoms with E-state index in [9.17, 15) is 4.79 Å². The number of hydrogen-bond donors (Lipinski definition) is 1. The molecule has 6 heteroatoms. The van der Waals surface area contributed by atoms with Crippen LogP contribution in [0.3, 0.4) is 0 Å². The van der Waals surface area contributed by atoms with Crippen LogP contribution < -0.4 is 0 Å². The first-order chi connectivity index (χ1) is 7.09. The summed E-state index contributed by atoms with van der Waals surface area (Å²) in [6.07, 6.45) is 1.52. The molecule has 0 fully saturated rings. The number of rotatable bonds is 2. The summed E-state index contributed by atoms with van der Waals surface area (Å²) in [5, 5.41) is 16.5. The molecular formula is C9H9N3O3. The average molecular weight is 207 g/mol. The molecule has 0 unspecified atom stereocenters. The molecule has 0 aromatic carbocycles. The molecule has 0 spiro atoms. The summed E-state index contributed by atoms with van der Waals surface area (Å²) in [6.45, 7) is 1.75. The number of aromatic carboxylic acids is 1. The molecule has 0 aliphatic heterocycles. The minimum absolute atomic E-state index is 0.130. The van der Waals surface area contributed by atoms with Crippen LogP contribution in [0.2, 0.25) is 0 Å². The summed E-state index contributed by atoms with van der Waals surface area (Å²) in [5.74, 6) is -0.393. The molecule has 0 bridgehead atoms. The van der Waals surface area contributed by atoms with Crippen LogP contribution in [0, 0.1) is 6.92 Å². The van der Waals surface area contributed by atoms with Gasteiger partial charge in [-0.1, -0.05) is 5.16 Å². The van der Waals surface area contributed by atoms with Crippen LogP contribution in [0.25, 0.3) is 11.3 Å².